The molecule has 5 nitrogen and oxygen atoms in total. The lowest BCUT2D eigenvalue weighted by molar-refractivity contribution is -0.128. The smallest absolute Gasteiger partial charge is 0.249 e. The molecule has 1 atom stereocenters. The third-order valence-corrected chi connectivity index (χ3v) is 3.46. The highest BCUT2D eigenvalue weighted by molar-refractivity contribution is 6.00. The van der Waals surface area contributed by atoms with Crippen molar-refractivity contribution < 1.29 is 9.59 Å². The van der Waals surface area contributed by atoms with Gasteiger partial charge in [-0.1, -0.05) is 17.7 Å². The predicted molar refractivity (Wildman–Crippen MR) is 78.6 cm³/mol. The van der Waals surface area contributed by atoms with Gasteiger partial charge >= 0.3 is 0 Å². The number of piperidine rings is 1. The molecule has 2 amide bonds. The van der Waals surface area contributed by atoms with Gasteiger partial charge in [0.1, 0.15) is 6.04 Å². The second-order valence-electron chi connectivity index (χ2n) is 5.12. The van der Waals surface area contributed by atoms with Crippen molar-refractivity contribution >= 4 is 17.5 Å². The van der Waals surface area contributed by atoms with Crippen molar-refractivity contribution in [3.63, 3.8) is 0 Å². The van der Waals surface area contributed by atoms with Crippen LogP contribution < -0.4 is 15.5 Å². The van der Waals surface area contributed by atoms with Crippen molar-refractivity contribution in [3.8, 4) is 0 Å². The first-order valence-electron chi connectivity index (χ1n) is 6.94. The topological polar surface area (TPSA) is 61.4 Å². The van der Waals surface area contributed by atoms with E-state index in [1.165, 1.54) is 0 Å². The molecular weight excluding hydrogens is 254 g/mol. The highest BCUT2D eigenvalue weighted by Crippen LogP contribution is 2.21. The van der Waals surface area contributed by atoms with Crippen LogP contribution in [-0.4, -0.2) is 38.0 Å². The molecule has 1 fully saturated rings. The molecule has 1 unspecified atom stereocenters. The summed E-state index contributed by atoms with van der Waals surface area (Å²) in [6, 6.07) is 7.47. The Kier molecular flexibility index (Phi) is 4.74. The number of rotatable bonds is 4. The van der Waals surface area contributed by atoms with Crippen molar-refractivity contribution in [3.05, 3.63) is 29.8 Å². The molecule has 20 heavy (non-hydrogen) atoms. The summed E-state index contributed by atoms with van der Waals surface area (Å²) in [5.41, 5.74) is 2.06. The predicted octanol–water partition coefficient (Wildman–Crippen LogP) is 0.826. The van der Waals surface area contributed by atoms with Gasteiger partial charge in [0.15, 0.2) is 0 Å². The molecule has 1 aromatic rings. The number of carbonyl (C=O) groups is 2. The standard InChI is InChI=1S/C15H21N3O2/c1-11-5-7-12(8-6-11)18-9-3-4-13(15(18)20)17-14(19)10-16-2/h5-8,13,16H,3-4,9-10H2,1-2H3,(H,17,19). The Bertz CT molecular complexity index is 484. The molecule has 0 saturated carbocycles. The maximum absolute atomic E-state index is 12.4. The lowest BCUT2D eigenvalue weighted by atomic mass is 10.0. The molecule has 1 saturated heterocycles. The van der Waals surface area contributed by atoms with Crippen LogP contribution in [-0.2, 0) is 9.59 Å². The van der Waals surface area contributed by atoms with Gasteiger partial charge in [-0.05, 0) is 38.9 Å². The van der Waals surface area contributed by atoms with Crippen molar-refractivity contribution in [2.24, 2.45) is 0 Å². The lowest BCUT2D eigenvalue weighted by Crippen LogP contribution is -2.53. The van der Waals surface area contributed by atoms with E-state index in [2.05, 4.69) is 10.6 Å². The van der Waals surface area contributed by atoms with Crippen LogP contribution in [0.3, 0.4) is 0 Å². The number of carbonyl (C=O) groups excluding carboxylic acids is 2. The summed E-state index contributed by atoms with van der Waals surface area (Å²) in [5.74, 6) is -0.166. The van der Waals surface area contributed by atoms with Gasteiger partial charge in [-0.15, -0.1) is 0 Å². The van der Waals surface area contributed by atoms with E-state index in [9.17, 15) is 9.59 Å². The quantitative estimate of drug-likeness (QED) is 0.855. The minimum atomic E-state index is -0.411. The number of likely N-dealkylation sites (N-methyl/N-ethyl adjacent to an activating group) is 1. The number of anilines is 1. The largest absolute Gasteiger partial charge is 0.343 e. The van der Waals surface area contributed by atoms with Gasteiger partial charge in [0.2, 0.25) is 11.8 Å². The molecule has 108 valence electrons. The van der Waals surface area contributed by atoms with Crippen LogP contribution in [0.5, 0.6) is 0 Å². The van der Waals surface area contributed by atoms with Crippen LogP contribution in [0.2, 0.25) is 0 Å². The number of nitrogens with zero attached hydrogens (tertiary/aromatic N) is 1. The summed E-state index contributed by atoms with van der Waals surface area (Å²) in [5, 5.41) is 5.57. The lowest BCUT2D eigenvalue weighted by Gasteiger charge is -2.32. The van der Waals surface area contributed by atoms with Gasteiger partial charge < -0.3 is 15.5 Å². The average Bonchev–Trinajstić information content (AvgIpc) is 2.43. The second kappa shape index (κ2) is 6.52. The monoisotopic (exact) mass is 275 g/mol. The Balaban J connectivity index is 2.06. The summed E-state index contributed by atoms with van der Waals surface area (Å²) >= 11 is 0. The van der Waals surface area contributed by atoms with E-state index < -0.39 is 6.04 Å². The third-order valence-electron chi connectivity index (χ3n) is 3.46. The van der Waals surface area contributed by atoms with E-state index in [-0.39, 0.29) is 18.4 Å². The van der Waals surface area contributed by atoms with Crippen LogP contribution in [0, 0.1) is 6.92 Å². The van der Waals surface area contributed by atoms with Crippen LogP contribution in [0.1, 0.15) is 18.4 Å². The van der Waals surface area contributed by atoms with Gasteiger partial charge in [-0.2, -0.15) is 0 Å². The first kappa shape index (κ1) is 14.5. The summed E-state index contributed by atoms with van der Waals surface area (Å²) in [7, 11) is 1.71. The zero-order valence-electron chi connectivity index (χ0n) is 12.0. The SMILES string of the molecule is CNCC(=O)NC1CCCN(c2ccc(C)cc2)C1=O. The van der Waals surface area contributed by atoms with E-state index >= 15 is 0 Å². The fourth-order valence-electron chi connectivity index (χ4n) is 2.40. The number of nitrogens with one attached hydrogen (secondary N) is 2. The third kappa shape index (κ3) is 3.36. The van der Waals surface area contributed by atoms with Crippen molar-refractivity contribution in [1.82, 2.24) is 10.6 Å². The van der Waals surface area contributed by atoms with E-state index in [1.807, 2.05) is 31.2 Å². The second-order valence-corrected chi connectivity index (χ2v) is 5.12. The Morgan fingerprint density at radius 2 is 2.05 bits per heavy atom. The average molecular weight is 275 g/mol. The molecule has 1 aliphatic heterocycles. The van der Waals surface area contributed by atoms with Gasteiger partial charge in [0, 0.05) is 12.2 Å². The molecular formula is C15H21N3O2. The highest BCUT2D eigenvalue weighted by atomic mass is 16.2. The van der Waals surface area contributed by atoms with Crippen LogP contribution >= 0.6 is 0 Å². The Morgan fingerprint density at radius 3 is 2.70 bits per heavy atom. The van der Waals surface area contributed by atoms with Crippen LogP contribution in [0.25, 0.3) is 0 Å². The number of amides is 2. The van der Waals surface area contributed by atoms with Crippen LogP contribution in [0.15, 0.2) is 24.3 Å². The van der Waals surface area contributed by atoms with E-state index in [0.29, 0.717) is 13.0 Å². The number of aryl methyl sites for hydroxylation is 1. The molecule has 0 bridgehead atoms. The van der Waals surface area contributed by atoms with Gasteiger partial charge in [-0.3, -0.25) is 9.59 Å². The first-order chi connectivity index (χ1) is 9.61. The maximum atomic E-state index is 12.4. The molecule has 5 heteroatoms. The molecule has 0 spiro atoms. The molecule has 2 N–H and O–H groups in total. The molecule has 1 aromatic carbocycles. The summed E-state index contributed by atoms with van der Waals surface area (Å²) in [6.45, 7) is 2.96. The minimum Gasteiger partial charge on any atom is -0.343 e. The van der Waals surface area contributed by atoms with Crippen LogP contribution in [0.4, 0.5) is 5.69 Å². The van der Waals surface area contributed by atoms with E-state index in [4.69, 9.17) is 0 Å². The van der Waals surface area contributed by atoms with Gasteiger partial charge in [-0.25, -0.2) is 0 Å². The highest BCUT2D eigenvalue weighted by Gasteiger charge is 2.30. The number of benzene rings is 1. The zero-order chi connectivity index (χ0) is 14.5. The fraction of sp³-hybridized carbons (Fsp3) is 0.467. The Hall–Kier alpha value is -1.88. The summed E-state index contributed by atoms with van der Waals surface area (Å²) in [4.78, 5) is 25.8. The number of hydrogen-bond donors (Lipinski definition) is 2. The van der Waals surface area contributed by atoms with Crippen molar-refractivity contribution in [1.29, 1.82) is 0 Å². The Morgan fingerprint density at radius 1 is 1.35 bits per heavy atom. The van der Waals surface area contributed by atoms with Crippen molar-refractivity contribution in [2.75, 3.05) is 25.0 Å². The Labute approximate surface area is 119 Å². The molecule has 0 aliphatic carbocycles. The van der Waals surface area contributed by atoms with Crippen molar-refractivity contribution in [2.45, 2.75) is 25.8 Å². The summed E-state index contributed by atoms with van der Waals surface area (Å²) < 4.78 is 0. The minimum absolute atomic E-state index is 0.0236. The van der Waals surface area contributed by atoms with E-state index in [0.717, 1.165) is 17.7 Å². The van der Waals surface area contributed by atoms with Gasteiger partial charge in [0.05, 0.1) is 6.54 Å². The molecule has 0 aromatic heterocycles. The maximum Gasteiger partial charge on any atom is 0.249 e. The fourth-order valence-corrected chi connectivity index (χ4v) is 2.40. The molecule has 2 rings (SSSR count). The zero-order valence-corrected chi connectivity index (χ0v) is 12.0. The van der Waals surface area contributed by atoms with E-state index in [1.54, 1.807) is 11.9 Å². The molecule has 1 heterocycles. The normalized spacial score (nSPS) is 19.0. The molecule has 1 aliphatic rings. The molecule has 0 radical (unpaired) electrons. The first-order valence-corrected chi connectivity index (χ1v) is 6.94. The number of hydrogen-bond acceptors (Lipinski definition) is 3. The summed E-state index contributed by atoms with van der Waals surface area (Å²) in [6.07, 6.45) is 1.60. The van der Waals surface area contributed by atoms with Gasteiger partial charge in [0.25, 0.3) is 0 Å².